The molecule has 1 aromatic heterocycles. The molecule has 0 aliphatic carbocycles. The number of ether oxygens (including phenoxy) is 1. The lowest BCUT2D eigenvalue weighted by atomic mass is 10.2. The molecule has 0 saturated heterocycles. The number of benzene rings is 2. The lowest BCUT2D eigenvalue weighted by Crippen LogP contribution is -2.31. The van der Waals surface area contributed by atoms with Crippen molar-refractivity contribution in [2.45, 2.75) is 17.9 Å². The van der Waals surface area contributed by atoms with Gasteiger partial charge in [-0.3, -0.25) is 9.00 Å². The van der Waals surface area contributed by atoms with Crippen LogP contribution in [0.15, 0.2) is 63.9 Å². The van der Waals surface area contributed by atoms with Gasteiger partial charge in [0.25, 0.3) is 5.91 Å². The number of fused-ring (bicyclic) bond motifs is 1. The van der Waals surface area contributed by atoms with Crippen LogP contribution >= 0.6 is 0 Å². The molecule has 3 rings (SSSR count). The van der Waals surface area contributed by atoms with E-state index in [0.29, 0.717) is 10.7 Å². The highest BCUT2D eigenvalue weighted by atomic mass is 32.2. The minimum Gasteiger partial charge on any atom is -0.459 e. The van der Waals surface area contributed by atoms with Crippen LogP contribution < -0.4 is 5.32 Å². The SMILES string of the molecule is C[C@@H](NC(=O)COC(=O)c1ccccc1[S@](C)=O)c1cc2ccccc2o1. The average Bonchev–Trinajstić information content (AvgIpc) is 3.10. The van der Waals surface area contributed by atoms with Crippen LogP contribution in [0, 0.1) is 0 Å². The highest BCUT2D eigenvalue weighted by Crippen LogP contribution is 2.23. The summed E-state index contributed by atoms with van der Waals surface area (Å²) in [6.45, 7) is 1.35. The van der Waals surface area contributed by atoms with E-state index < -0.39 is 29.3 Å². The second kappa shape index (κ2) is 8.18. The van der Waals surface area contributed by atoms with Crippen molar-refractivity contribution in [3.63, 3.8) is 0 Å². The highest BCUT2D eigenvalue weighted by Gasteiger charge is 2.18. The normalized spacial score (nSPS) is 13.1. The Morgan fingerprint density at radius 3 is 2.59 bits per heavy atom. The molecule has 1 heterocycles. The Labute approximate surface area is 159 Å². The van der Waals surface area contributed by atoms with E-state index in [0.717, 1.165) is 11.0 Å². The first-order valence-corrected chi connectivity index (χ1v) is 9.89. The summed E-state index contributed by atoms with van der Waals surface area (Å²) in [6, 6.07) is 15.5. The number of para-hydroxylation sites is 1. The first kappa shape index (κ1) is 18.8. The molecule has 27 heavy (non-hydrogen) atoms. The molecule has 0 aliphatic rings. The van der Waals surface area contributed by atoms with Crippen LogP contribution in [0.25, 0.3) is 11.0 Å². The second-order valence-electron chi connectivity index (χ2n) is 6.00. The third-order valence-corrected chi connectivity index (χ3v) is 4.98. The van der Waals surface area contributed by atoms with Crippen LogP contribution in [-0.4, -0.2) is 28.9 Å². The molecule has 7 heteroatoms. The zero-order valence-electron chi connectivity index (χ0n) is 14.9. The monoisotopic (exact) mass is 385 g/mol. The van der Waals surface area contributed by atoms with Gasteiger partial charge in [-0.1, -0.05) is 30.3 Å². The summed E-state index contributed by atoms with van der Waals surface area (Å²) in [5, 5.41) is 3.68. The number of hydrogen-bond donors (Lipinski definition) is 1. The number of nitrogens with one attached hydrogen (secondary N) is 1. The Balaban J connectivity index is 1.59. The Hall–Kier alpha value is -2.93. The molecular weight excluding hydrogens is 366 g/mol. The molecule has 2 atom stereocenters. The Morgan fingerprint density at radius 1 is 1.15 bits per heavy atom. The van der Waals surface area contributed by atoms with Gasteiger partial charge in [-0.25, -0.2) is 4.79 Å². The van der Waals surface area contributed by atoms with Gasteiger partial charge in [-0.05, 0) is 31.2 Å². The molecule has 0 aliphatic heterocycles. The molecule has 0 bridgehead atoms. The number of carbonyl (C=O) groups is 2. The van der Waals surface area contributed by atoms with E-state index in [9.17, 15) is 13.8 Å². The lowest BCUT2D eigenvalue weighted by molar-refractivity contribution is -0.125. The van der Waals surface area contributed by atoms with Gasteiger partial charge >= 0.3 is 5.97 Å². The summed E-state index contributed by atoms with van der Waals surface area (Å²) < 4.78 is 22.5. The number of rotatable bonds is 6. The first-order valence-electron chi connectivity index (χ1n) is 8.33. The second-order valence-corrected chi connectivity index (χ2v) is 7.35. The number of carbonyl (C=O) groups excluding carboxylic acids is 2. The van der Waals surface area contributed by atoms with Crippen molar-refractivity contribution in [3.8, 4) is 0 Å². The van der Waals surface area contributed by atoms with E-state index in [1.807, 2.05) is 30.3 Å². The van der Waals surface area contributed by atoms with Gasteiger partial charge in [-0.15, -0.1) is 0 Å². The predicted molar refractivity (Wildman–Crippen MR) is 102 cm³/mol. The van der Waals surface area contributed by atoms with Crippen molar-refractivity contribution in [3.05, 3.63) is 65.9 Å². The van der Waals surface area contributed by atoms with Gasteiger partial charge in [-0.2, -0.15) is 0 Å². The smallest absolute Gasteiger partial charge is 0.339 e. The van der Waals surface area contributed by atoms with E-state index in [-0.39, 0.29) is 11.6 Å². The molecule has 0 saturated carbocycles. The van der Waals surface area contributed by atoms with Crippen LogP contribution in [0.1, 0.15) is 29.1 Å². The molecule has 140 valence electrons. The van der Waals surface area contributed by atoms with Crippen molar-refractivity contribution in [2.24, 2.45) is 0 Å². The topological polar surface area (TPSA) is 85.6 Å². The highest BCUT2D eigenvalue weighted by molar-refractivity contribution is 7.84. The molecule has 6 nitrogen and oxygen atoms in total. The van der Waals surface area contributed by atoms with E-state index >= 15 is 0 Å². The largest absolute Gasteiger partial charge is 0.459 e. The fourth-order valence-electron chi connectivity index (χ4n) is 2.66. The minimum absolute atomic E-state index is 0.191. The standard InChI is InChI=1S/C20H19NO5S/c1-13(17-11-14-7-3-5-9-16(14)26-17)21-19(22)12-25-20(23)15-8-4-6-10-18(15)27(2)24/h3-11,13H,12H2,1-2H3,(H,21,22)/t13-,27+/m1/s1. The van der Waals surface area contributed by atoms with Crippen molar-refractivity contribution < 1.29 is 23.0 Å². The fourth-order valence-corrected chi connectivity index (χ4v) is 3.40. The Bertz CT molecular complexity index is 977. The molecule has 0 spiro atoms. The fraction of sp³-hybridized carbons (Fsp3) is 0.200. The van der Waals surface area contributed by atoms with Gasteiger partial charge in [0.2, 0.25) is 0 Å². The summed E-state index contributed by atoms with van der Waals surface area (Å²) >= 11 is 0. The van der Waals surface area contributed by atoms with E-state index in [1.165, 1.54) is 12.3 Å². The maximum atomic E-state index is 12.2. The van der Waals surface area contributed by atoms with Gasteiger partial charge in [0, 0.05) is 11.6 Å². The molecule has 1 N–H and O–H groups in total. The van der Waals surface area contributed by atoms with E-state index in [1.54, 1.807) is 25.1 Å². The molecule has 2 aromatic carbocycles. The zero-order valence-corrected chi connectivity index (χ0v) is 15.7. The van der Waals surface area contributed by atoms with Crippen molar-refractivity contribution >= 4 is 33.6 Å². The van der Waals surface area contributed by atoms with Crippen LogP contribution in [0.2, 0.25) is 0 Å². The third-order valence-electron chi connectivity index (χ3n) is 4.00. The van der Waals surface area contributed by atoms with Crippen LogP contribution in [-0.2, 0) is 20.3 Å². The van der Waals surface area contributed by atoms with Crippen LogP contribution in [0.3, 0.4) is 0 Å². The Morgan fingerprint density at radius 2 is 1.85 bits per heavy atom. The summed E-state index contributed by atoms with van der Waals surface area (Å²) in [4.78, 5) is 24.7. The van der Waals surface area contributed by atoms with Gasteiger partial charge < -0.3 is 14.5 Å². The van der Waals surface area contributed by atoms with Gasteiger partial charge in [0.15, 0.2) is 6.61 Å². The minimum atomic E-state index is -1.33. The van der Waals surface area contributed by atoms with Crippen LogP contribution in [0.5, 0.6) is 0 Å². The summed E-state index contributed by atoms with van der Waals surface area (Å²) in [5.74, 6) is -0.527. The Kier molecular flexibility index (Phi) is 5.71. The molecule has 0 unspecified atom stereocenters. The zero-order chi connectivity index (χ0) is 19.4. The molecule has 3 aromatic rings. The van der Waals surface area contributed by atoms with Gasteiger partial charge in [0.1, 0.15) is 11.3 Å². The maximum absolute atomic E-state index is 12.2. The van der Waals surface area contributed by atoms with E-state index in [4.69, 9.17) is 9.15 Å². The third kappa shape index (κ3) is 4.43. The number of hydrogen-bond acceptors (Lipinski definition) is 5. The van der Waals surface area contributed by atoms with Crippen molar-refractivity contribution in [2.75, 3.05) is 12.9 Å². The molecule has 0 radical (unpaired) electrons. The quantitative estimate of drug-likeness (QED) is 0.659. The summed E-state index contributed by atoms with van der Waals surface area (Å²) in [5.41, 5.74) is 0.931. The van der Waals surface area contributed by atoms with Gasteiger partial charge in [0.05, 0.1) is 27.3 Å². The van der Waals surface area contributed by atoms with E-state index in [2.05, 4.69) is 5.32 Å². The summed E-state index contributed by atoms with van der Waals surface area (Å²) in [6.07, 6.45) is 1.48. The van der Waals surface area contributed by atoms with Crippen molar-refractivity contribution in [1.82, 2.24) is 5.32 Å². The van der Waals surface area contributed by atoms with Crippen LogP contribution in [0.4, 0.5) is 0 Å². The molecule has 0 fully saturated rings. The number of amides is 1. The molecular formula is C20H19NO5S. The lowest BCUT2D eigenvalue weighted by Gasteiger charge is -2.12. The van der Waals surface area contributed by atoms with Crippen molar-refractivity contribution in [1.29, 1.82) is 0 Å². The number of esters is 1. The average molecular weight is 385 g/mol. The summed E-state index contributed by atoms with van der Waals surface area (Å²) in [7, 11) is -1.33. The number of furan rings is 1. The maximum Gasteiger partial charge on any atom is 0.339 e. The first-order chi connectivity index (χ1) is 13.0. The molecule has 1 amide bonds. The predicted octanol–water partition coefficient (Wildman–Crippen LogP) is 3.20.